The van der Waals surface area contributed by atoms with Crippen molar-refractivity contribution in [1.82, 2.24) is 14.8 Å². The highest BCUT2D eigenvalue weighted by atomic mass is 32.1. The van der Waals surface area contributed by atoms with Crippen LogP contribution in [0.3, 0.4) is 0 Å². The van der Waals surface area contributed by atoms with E-state index in [-0.39, 0.29) is 17.6 Å². The molecule has 3 aliphatic rings. The molecule has 0 radical (unpaired) electrons. The van der Waals surface area contributed by atoms with Gasteiger partial charge in [0.15, 0.2) is 17.2 Å². The molecule has 12 heteroatoms. The minimum absolute atomic E-state index is 0.115. The van der Waals surface area contributed by atoms with Crippen LogP contribution >= 0.6 is 11.3 Å². The number of carbonyl (C=O) groups is 1. The fourth-order valence-electron chi connectivity index (χ4n) is 4.70. The van der Waals surface area contributed by atoms with Crippen LogP contribution in [0, 0.1) is 0 Å². The number of rotatable bonds is 4. The average molecular weight is 530 g/mol. The highest BCUT2D eigenvalue weighted by molar-refractivity contribution is 7.22. The van der Waals surface area contributed by atoms with Crippen molar-refractivity contribution in [3.63, 3.8) is 0 Å². The van der Waals surface area contributed by atoms with Crippen LogP contribution in [0.5, 0.6) is 11.5 Å². The van der Waals surface area contributed by atoms with E-state index in [2.05, 4.69) is 15.0 Å². The van der Waals surface area contributed by atoms with E-state index in [4.69, 9.17) is 9.47 Å². The number of hydrogen-bond acceptors (Lipinski definition) is 8. The number of amides is 1. The van der Waals surface area contributed by atoms with Crippen LogP contribution in [0.15, 0.2) is 58.8 Å². The number of anilines is 1. The maximum absolute atomic E-state index is 14.0. The first-order chi connectivity index (χ1) is 17.8. The van der Waals surface area contributed by atoms with Gasteiger partial charge in [-0.05, 0) is 36.8 Å². The molecule has 0 aliphatic carbocycles. The molecule has 8 nitrogen and oxygen atoms in total. The number of para-hydroxylation sites is 1. The molecule has 1 fully saturated rings. The van der Waals surface area contributed by atoms with Gasteiger partial charge < -0.3 is 14.4 Å². The zero-order chi connectivity index (χ0) is 25.7. The molecule has 3 aromatic rings. The zero-order valence-corrected chi connectivity index (χ0v) is 20.6. The Bertz CT molecular complexity index is 1410. The lowest BCUT2D eigenvalue weighted by Gasteiger charge is -2.37. The summed E-state index contributed by atoms with van der Waals surface area (Å²) in [7, 11) is 0. The van der Waals surface area contributed by atoms with Gasteiger partial charge in [0.05, 0.1) is 15.8 Å². The quantitative estimate of drug-likeness (QED) is 0.468. The third-order valence-corrected chi connectivity index (χ3v) is 7.64. The molecule has 1 amide bonds. The Hall–Kier alpha value is -3.64. The third kappa shape index (κ3) is 4.40. The fourth-order valence-corrected chi connectivity index (χ4v) is 5.62. The summed E-state index contributed by atoms with van der Waals surface area (Å²) < 4.78 is 53.6. The summed E-state index contributed by atoms with van der Waals surface area (Å²) in [5.41, 5.74) is 0.337. The van der Waals surface area contributed by atoms with E-state index in [0.29, 0.717) is 44.0 Å². The molecule has 4 heterocycles. The molecular formula is C25H22F3N5O3S. The standard InChI is InChI=1S/C25H22F3N5O3S/c1-15(32-10-8-31(9-11-32)13-16-6-7-18-19(12-16)36-14-35-18)21-22(25(26,27)28)30-33(23(21)34)24-29-17-4-2-3-5-20(17)37-24/h2-7,12H,8-11,13-14H2,1H3/b21-15-. The Morgan fingerprint density at radius 3 is 2.57 bits per heavy atom. The minimum atomic E-state index is -4.78. The van der Waals surface area contributed by atoms with Gasteiger partial charge in [-0.1, -0.05) is 29.5 Å². The van der Waals surface area contributed by atoms with Crippen LogP contribution < -0.4 is 14.5 Å². The lowest BCUT2D eigenvalue weighted by molar-refractivity contribution is -0.114. The first-order valence-corrected chi connectivity index (χ1v) is 12.5. The first-order valence-electron chi connectivity index (χ1n) is 11.7. The molecule has 0 saturated carbocycles. The number of ether oxygens (including phenoxy) is 2. The predicted octanol–water partition coefficient (Wildman–Crippen LogP) is 4.38. The fraction of sp³-hybridized carbons (Fsp3) is 0.320. The van der Waals surface area contributed by atoms with Gasteiger partial charge in [-0.15, -0.1) is 0 Å². The van der Waals surface area contributed by atoms with Crippen molar-refractivity contribution < 1.29 is 27.4 Å². The van der Waals surface area contributed by atoms with Gasteiger partial charge in [-0.3, -0.25) is 9.69 Å². The number of nitrogens with zero attached hydrogens (tertiary/aromatic N) is 5. The molecule has 0 bridgehead atoms. The van der Waals surface area contributed by atoms with Crippen LogP contribution in [0.25, 0.3) is 10.2 Å². The van der Waals surface area contributed by atoms with Crippen molar-refractivity contribution in [2.45, 2.75) is 19.6 Å². The zero-order valence-electron chi connectivity index (χ0n) is 19.8. The molecule has 3 aliphatic heterocycles. The van der Waals surface area contributed by atoms with Gasteiger partial charge >= 0.3 is 6.18 Å². The summed E-state index contributed by atoms with van der Waals surface area (Å²) in [4.78, 5) is 21.7. The monoisotopic (exact) mass is 529 g/mol. The highest BCUT2D eigenvalue weighted by Crippen LogP contribution is 2.37. The van der Waals surface area contributed by atoms with Crippen molar-refractivity contribution in [1.29, 1.82) is 0 Å². The number of aromatic nitrogens is 1. The van der Waals surface area contributed by atoms with E-state index in [9.17, 15) is 18.0 Å². The van der Waals surface area contributed by atoms with E-state index in [1.54, 1.807) is 25.1 Å². The van der Waals surface area contributed by atoms with Gasteiger partial charge in [-0.2, -0.15) is 23.3 Å². The second-order valence-corrected chi connectivity index (χ2v) is 9.95. The number of allylic oxidation sites excluding steroid dienone is 1. The summed E-state index contributed by atoms with van der Waals surface area (Å²) in [6, 6.07) is 12.9. The molecule has 2 aromatic carbocycles. The maximum atomic E-state index is 14.0. The molecular weight excluding hydrogens is 507 g/mol. The number of fused-ring (bicyclic) bond motifs is 2. The van der Waals surface area contributed by atoms with Crippen LogP contribution in [-0.4, -0.2) is 65.6 Å². The lowest BCUT2D eigenvalue weighted by atomic mass is 10.1. The Labute approximate surface area is 214 Å². The minimum Gasteiger partial charge on any atom is -0.454 e. The van der Waals surface area contributed by atoms with Gasteiger partial charge in [0.2, 0.25) is 11.9 Å². The van der Waals surface area contributed by atoms with E-state index in [1.807, 2.05) is 29.2 Å². The Morgan fingerprint density at radius 2 is 1.81 bits per heavy atom. The van der Waals surface area contributed by atoms with E-state index < -0.39 is 23.4 Å². The molecule has 192 valence electrons. The molecule has 0 unspecified atom stereocenters. The van der Waals surface area contributed by atoms with Gasteiger partial charge in [0, 0.05) is 38.4 Å². The highest BCUT2D eigenvalue weighted by Gasteiger charge is 2.49. The van der Waals surface area contributed by atoms with Crippen LogP contribution in [0.4, 0.5) is 18.3 Å². The van der Waals surface area contributed by atoms with Crippen LogP contribution in [0.1, 0.15) is 12.5 Å². The second kappa shape index (κ2) is 9.03. The number of thiazole rings is 1. The molecule has 0 N–H and O–H groups in total. The molecule has 0 atom stereocenters. The van der Waals surface area contributed by atoms with Crippen molar-refractivity contribution in [2.75, 3.05) is 38.0 Å². The maximum Gasteiger partial charge on any atom is 0.436 e. The number of carbonyl (C=O) groups excluding carboxylic acids is 1. The smallest absolute Gasteiger partial charge is 0.436 e. The Morgan fingerprint density at radius 1 is 1.05 bits per heavy atom. The molecule has 37 heavy (non-hydrogen) atoms. The molecule has 1 saturated heterocycles. The summed E-state index contributed by atoms with van der Waals surface area (Å²) in [6.45, 7) is 4.69. The Balaban J connectivity index is 1.21. The number of piperazine rings is 1. The Kier molecular flexibility index (Phi) is 5.80. The molecule has 1 aromatic heterocycles. The van der Waals surface area contributed by atoms with Crippen LogP contribution in [0.2, 0.25) is 0 Å². The number of benzene rings is 2. The van der Waals surface area contributed by atoms with Crippen molar-refractivity contribution in [3.8, 4) is 11.5 Å². The average Bonchev–Trinajstić information content (AvgIpc) is 3.60. The number of halogens is 3. The van der Waals surface area contributed by atoms with Crippen LogP contribution in [-0.2, 0) is 11.3 Å². The first kappa shape index (κ1) is 23.7. The molecule has 0 spiro atoms. The summed E-state index contributed by atoms with van der Waals surface area (Å²) in [5, 5.41) is 4.60. The second-order valence-electron chi connectivity index (χ2n) is 8.94. The SMILES string of the molecule is C/C(=C1/C(=O)N(c2nc3ccccc3s2)N=C1C(F)(F)F)N1CCN(Cc2ccc3c(c2)OCO3)CC1. The largest absolute Gasteiger partial charge is 0.454 e. The number of hydrogen-bond donors (Lipinski definition) is 0. The van der Waals surface area contributed by atoms with Gasteiger partial charge in [0.25, 0.3) is 5.91 Å². The summed E-state index contributed by atoms with van der Waals surface area (Å²) in [6.07, 6.45) is -4.78. The van der Waals surface area contributed by atoms with Crippen molar-refractivity contribution in [3.05, 3.63) is 59.3 Å². The van der Waals surface area contributed by atoms with Crippen molar-refractivity contribution >= 4 is 38.3 Å². The van der Waals surface area contributed by atoms with Crippen molar-refractivity contribution in [2.24, 2.45) is 5.10 Å². The third-order valence-electron chi connectivity index (χ3n) is 6.63. The molecule has 6 rings (SSSR count). The predicted molar refractivity (Wildman–Crippen MR) is 133 cm³/mol. The van der Waals surface area contributed by atoms with Gasteiger partial charge in [0.1, 0.15) is 0 Å². The topological polar surface area (TPSA) is 70.5 Å². The summed E-state index contributed by atoms with van der Waals surface area (Å²) in [5.74, 6) is 0.624. The van der Waals surface area contributed by atoms with E-state index in [1.165, 1.54) is 0 Å². The van der Waals surface area contributed by atoms with Gasteiger partial charge in [-0.25, -0.2) is 4.98 Å². The van der Waals surface area contributed by atoms with E-state index >= 15 is 0 Å². The lowest BCUT2D eigenvalue weighted by Crippen LogP contribution is -2.46. The number of alkyl halides is 3. The number of hydrazone groups is 1. The summed E-state index contributed by atoms with van der Waals surface area (Å²) >= 11 is 1.13. The van der Waals surface area contributed by atoms with E-state index in [0.717, 1.165) is 32.4 Å². The normalized spacial score (nSPS) is 19.7.